The van der Waals surface area contributed by atoms with Crippen LogP contribution in [-0.4, -0.2) is 5.78 Å². The molecule has 1 N–H and O–H groups in total. The predicted octanol–water partition coefficient (Wildman–Crippen LogP) is 7.27. The first-order chi connectivity index (χ1) is 14.3. The van der Waals surface area contributed by atoms with Crippen molar-refractivity contribution in [1.82, 2.24) is 0 Å². The quantitative estimate of drug-likeness (QED) is 0.494. The second-order valence-corrected chi connectivity index (χ2v) is 9.94. The molecule has 1 heterocycles. The van der Waals surface area contributed by atoms with Gasteiger partial charge in [-0.2, -0.15) is 0 Å². The number of hydrogen-bond donors (Lipinski definition) is 1. The van der Waals surface area contributed by atoms with Crippen molar-refractivity contribution in [2.75, 3.05) is 5.32 Å². The maximum atomic E-state index is 13.5. The Hall–Kier alpha value is -2.87. The minimum atomic E-state index is -0.0847. The third-order valence-electron chi connectivity index (χ3n) is 6.68. The van der Waals surface area contributed by atoms with Gasteiger partial charge in [0, 0.05) is 23.2 Å². The van der Waals surface area contributed by atoms with Crippen molar-refractivity contribution in [3.63, 3.8) is 0 Å². The molecule has 0 bridgehead atoms. The number of Topliss-reactive ketones (excluding diaryl/α,β-unsaturated/α-hetero) is 1. The number of nitrogens with one attached hydrogen (secondary N) is 1. The van der Waals surface area contributed by atoms with Crippen molar-refractivity contribution < 1.29 is 4.79 Å². The lowest BCUT2D eigenvalue weighted by Gasteiger charge is -2.40. The van der Waals surface area contributed by atoms with Crippen molar-refractivity contribution in [2.24, 2.45) is 5.41 Å². The van der Waals surface area contributed by atoms with E-state index in [-0.39, 0.29) is 17.2 Å². The SMILES string of the molecule is CC(C)c1ccc(C2Nc3ccc4ccccc4c3C3=C2C(=O)CC(C)(C)C3)cc1. The summed E-state index contributed by atoms with van der Waals surface area (Å²) < 4.78 is 0. The maximum absolute atomic E-state index is 13.5. The van der Waals surface area contributed by atoms with Gasteiger partial charge in [-0.05, 0) is 51.3 Å². The first-order valence-electron chi connectivity index (χ1n) is 11.0. The van der Waals surface area contributed by atoms with Gasteiger partial charge in [0.1, 0.15) is 0 Å². The molecule has 152 valence electrons. The first kappa shape index (κ1) is 19.1. The number of carbonyl (C=O) groups excluding carboxylic acids is 1. The molecular formula is C28H29NO. The fraction of sp³-hybridized carbons (Fsp3) is 0.321. The zero-order valence-corrected chi connectivity index (χ0v) is 18.3. The molecule has 2 heteroatoms. The number of fused-ring (bicyclic) bond motifs is 4. The van der Waals surface area contributed by atoms with Crippen molar-refractivity contribution in [3.05, 3.63) is 82.9 Å². The third kappa shape index (κ3) is 3.06. The highest BCUT2D eigenvalue weighted by atomic mass is 16.1. The molecule has 0 aromatic heterocycles. The number of benzene rings is 3. The lowest BCUT2D eigenvalue weighted by atomic mass is 9.68. The van der Waals surface area contributed by atoms with E-state index in [0.717, 1.165) is 17.7 Å². The highest BCUT2D eigenvalue weighted by Gasteiger charge is 2.40. The molecule has 2 aliphatic rings. The van der Waals surface area contributed by atoms with Gasteiger partial charge in [-0.25, -0.2) is 0 Å². The van der Waals surface area contributed by atoms with Gasteiger partial charge in [-0.1, -0.05) is 82.3 Å². The minimum absolute atomic E-state index is 0.0203. The summed E-state index contributed by atoms with van der Waals surface area (Å²) in [5, 5.41) is 6.19. The number of carbonyl (C=O) groups is 1. The summed E-state index contributed by atoms with van der Waals surface area (Å²) in [4.78, 5) is 13.5. The van der Waals surface area contributed by atoms with E-state index in [1.54, 1.807) is 0 Å². The molecule has 2 nitrogen and oxygen atoms in total. The second-order valence-electron chi connectivity index (χ2n) is 9.94. The Balaban J connectivity index is 1.73. The molecule has 0 spiro atoms. The molecule has 1 aliphatic heterocycles. The Morgan fingerprint density at radius 1 is 0.933 bits per heavy atom. The summed E-state index contributed by atoms with van der Waals surface area (Å²) in [6, 6.07) is 21.6. The van der Waals surface area contributed by atoms with Gasteiger partial charge in [0.25, 0.3) is 0 Å². The van der Waals surface area contributed by atoms with E-state index >= 15 is 0 Å². The molecule has 3 aromatic carbocycles. The average molecular weight is 396 g/mol. The van der Waals surface area contributed by atoms with E-state index in [1.807, 2.05) is 0 Å². The largest absolute Gasteiger partial charge is 0.373 e. The lowest BCUT2D eigenvalue weighted by Crippen LogP contribution is -2.33. The molecule has 1 aliphatic carbocycles. The Morgan fingerprint density at radius 3 is 2.40 bits per heavy atom. The van der Waals surface area contributed by atoms with Gasteiger partial charge in [0.15, 0.2) is 5.78 Å². The highest BCUT2D eigenvalue weighted by Crippen LogP contribution is 2.52. The van der Waals surface area contributed by atoms with E-state index in [1.165, 1.54) is 33.0 Å². The fourth-order valence-corrected chi connectivity index (χ4v) is 5.16. The van der Waals surface area contributed by atoms with Gasteiger partial charge in [-0.3, -0.25) is 4.79 Å². The molecular weight excluding hydrogens is 366 g/mol. The van der Waals surface area contributed by atoms with Crippen molar-refractivity contribution >= 4 is 27.8 Å². The summed E-state index contributed by atoms with van der Waals surface area (Å²) in [5.41, 5.74) is 7.03. The standard InChI is InChI=1S/C28H29NO/c1-17(2)18-9-11-20(12-10-18)27-26-22(15-28(3,4)16-24(26)30)25-21-8-6-5-7-19(21)13-14-23(25)29-27/h5-14,17,27,29H,15-16H2,1-4H3. The molecule has 3 aromatic rings. The molecule has 0 amide bonds. The third-order valence-corrected chi connectivity index (χ3v) is 6.68. The molecule has 0 saturated heterocycles. The molecule has 0 saturated carbocycles. The highest BCUT2D eigenvalue weighted by molar-refractivity contribution is 6.12. The Morgan fingerprint density at radius 2 is 1.67 bits per heavy atom. The van der Waals surface area contributed by atoms with Crippen LogP contribution < -0.4 is 5.32 Å². The molecule has 0 fully saturated rings. The average Bonchev–Trinajstić information content (AvgIpc) is 2.72. The zero-order valence-electron chi connectivity index (χ0n) is 18.3. The van der Waals surface area contributed by atoms with Gasteiger partial charge in [0.2, 0.25) is 0 Å². The number of allylic oxidation sites excluding steroid dienone is 1. The van der Waals surface area contributed by atoms with Crippen LogP contribution in [0.1, 0.15) is 69.2 Å². The topological polar surface area (TPSA) is 29.1 Å². The van der Waals surface area contributed by atoms with E-state index in [0.29, 0.717) is 12.3 Å². The van der Waals surface area contributed by atoms with Gasteiger partial charge in [-0.15, -0.1) is 0 Å². The van der Waals surface area contributed by atoms with Crippen LogP contribution in [0, 0.1) is 5.41 Å². The van der Waals surface area contributed by atoms with Crippen LogP contribution in [0.5, 0.6) is 0 Å². The van der Waals surface area contributed by atoms with Crippen molar-refractivity contribution in [1.29, 1.82) is 0 Å². The van der Waals surface area contributed by atoms with E-state index in [2.05, 4.69) is 93.7 Å². The van der Waals surface area contributed by atoms with Crippen LogP contribution in [0.15, 0.2) is 66.2 Å². The molecule has 30 heavy (non-hydrogen) atoms. The normalized spacial score (nSPS) is 20.2. The smallest absolute Gasteiger partial charge is 0.162 e. The first-order valence-corrected chi connectivity index (χ1v) is 11.0. The molecule has 0 radical (unpaired) electrons. The van der Waals surface area contributed by atoms with Gasteiger partial charge >= 0.3 is 0 Å². The summed E-state index contributed by atoms with van der Waals surface area (Å²) >= 11 is 0. The Labute approximate surface area is 179 Å². The van der Waals surface area contributed by atoms with Crippen molar-refractivity contribution in [2.45, 2.75) is 52.5 Å². The number of rotatable bonds is 2. The van der Waals surface area contributed by atoms with Crippen LogP contribution in [-0.2, 0) is 4.79 Å². The van der Waals surface area contributed by atoms with Crippen LogP contribution in [0.2, 0.25) is 0 Å². The molecule has 1 unspecified atom stereocenters. The number of anilines is 1. The zero-order chi connectivity index (χ0) is 21.0. The van der Waals surface area contributed by atoms with E-state index in [4.69, 9.17) is 0 Å². The van der Waals surface area contributed by atoms with Crippen molar-refractivity contribution in [3.8, 4) is 0 Å². The summed E-state index contributed by atoms with van der Waals surface area (Å²) in [6.45, 7) is 8.85. The van der Waals surface area contributed by atoms with Crippen LogP contribution in [0.4, 0.5) is 5.69 Å². The number of hydrogen-bond acceptors (Lipinski definition) is 2. The Kier molecular flexibility index (Phi) is 4.36. The molecule has 1 atom stereocenters. The number of ketones is 1. The second kappa shape index (κ2) is 6.84. The summed E-state index contributed by atoms with van der Waals surface area (Å²) in [7, 11) is 0. The maximum Gasteiger partial charge on any atom is 0.162 e. The monoisotopic (exact) mass is 395 g/mol. The lowest BCUT2D eigenvalue weighted by molar-refractivity contribution is -0.118. The predicted molar refractivity (Wildman–Crippen MR) is 126 cm³/mol. The minimum Gasteiger partial charge on any atom is -0.373 e. The van der Waals surface area contributed by atoms with Crippen LogP contribution in [0.25, 0.3) is 16.3 Å². The van der Waals surface area contributed by atoms with Crippen LogP contribution in [0.3, 0.4) is 0 Å². The molecule has 5 rings (SSSR count). The fourth-order valence-electron chi connectivity index (χ4n) is 5.16. The summed E-state index contributed by atoms with van der Waals surface area (Å²) in [5.74, 6) is 0.780. The van der Waals surface area contributed by atoms with Crippen LogP contribution >= 0.6 is 0 Å². The Bertz CT molecular complexity index is 1180. The summed E-state index contributed by atoms with van der Waals surface area (Å²) in [6.07, 6.45) is 1.53. The van der Waals surface area contributed by atoms with E-state index in [9.17, 15) is 4.79 Å². The van der Waals surface area contributed by atoms with E-state index < -0.39 is 0 Å². The van der Waals surface area contributed by atoms with Gasteiger partial charge in [0.05, 0.1) is 6.04 Å². The van der Waals surface area contributed by atoms with Gasteiger partial charge < -0.3 is 5.32 Å².